The molecule has 1 heterocycles. The van der Waals surface area contributed by atoms with Gasteiger partial charge in [0.2, 0.25) is 0 Å². The first-order valence-corrected chi connectivity index (χ1v) is 14.2. The van der Waals surface area contributed by atoms with Crippen LogP contribution in [0.15, 0.2) is 48.5 Å². The SMILES string of the molecule is CCCC(OCC1CCC2OC2C1)Oc1ccc(OC(=O)c2ccc(OCC3CCC(O)CC3)cc2)cc1. The number of ether oxygens (including phenoxy) is 5. The van der Waals surface area contributed by atoms with Gasteiger partial charge in [-0.05, 0) is 105 Å². The van der Waals surface area contributed by atoms with Crippen molar-refractivity contribution >= 4 is 5.97 Å². The summed E-state index contributed by atoms with van der Waals surface area (Å²) in [4.78, 5) is 12.6. The van der Waals surface area contributed by atoms with Gasteiger partial charge in [-0.1, -0.05) is 13.3 Å². The summed E-state index contributed by atoms with van der Waals surface area (Å²) >= 11 is 0. The molecule has 2 saturated carbocycles. The lowest BCUT2D eigenvalue weighted by Gasteiger charge is -2.25. The predicted octanol–water partition coefficient (Wildman–Crippen LogP) is 5.92. The zero-order chi connectivity index (χ0) is 26.3. The van der Waals surface area contributed by atoms with Gasteiger partial charge in [-0.25, -0.2) is 4.79 Å². The largest absolute Gasteiger partial charge is 0.493 e. The third-order valence-electron chi connectivity index (χ3n) is 7.85. The van der Waals surface area contributed by atoms with Gasteiger partial charge in [-0.3, -0.25) is 0 Å². The van der Waals surface area contributed by atoms with E-state index in [9.17, 15) is 9.90 Å². The minimum Gasteiger partial charge on any atom is -0.493 e. The molecule has 1 saturated heterocycles. The van der Waals surface area contributed by atoms with E-state index in [0.717, 1.165) is 63.5 Å². The Hall–Kier alpha value is -2.61. The van der Waals surface area contributed by atoms with Gasteiger partial charge >= 0.3 is 5.97 Å². The molecule has 3 aliphatic rings. The van der Waals surface area contributed by atoms with Crippen molar-refractivity contribution in [2.75, 3.05) is 13.2 Å². The molecule has 1 aliphatic heterocycles. The first-order chi connectivity index (χ1) is 18.6. The van der Waals surface area contributed by atoms with Crippen LogP contribution in [0.3, 0.4) is 0 Å². The summed E-state index contributed by atoms with van der Waals surface area (Å²) in [5.74, 6) is 2.45. The summed E-state index contributed by atoms with van der Waals surface area (Å²) in [7, 11) is 0. The molecular weight excluding hydrogens is 484 g/mol. The topological polar surface area (TPSA) is 86.8 Å². The van der Waals surface area contributed by atoms with Gasteiger partial charge in [0.15, 0.2) is 6.29 Å². The van der Waals surface area contributed by atoms with Gasteiger partial charge < -0.3 is 28.8 Å². The lowest BCUT2D eigenvalue weighted by atomic mass is 9.88. The number of aliphatic hydroxyl groups is 1. The molecule has 7 nitrogen and oxygen atoms in total. The molecule has 38 heavy (non-hydrogen) atoms. The molecule has 4 unspecified atom stereocenters. The summed E-state index contributed by atoms with van der Waals surface area (Å²) < 4.78 is 29.3. The van der Waals surface area contributed by atoms with Crippen molar-refractivity contribution in [1.82, 2.24) is 0 Å². The highest BCUT2D eigenvalue weighted by molar-refractivity contribution is 5.91. The van der Waals surface area contributed by atoms with Crippen molar-refractivity contribution in [1.29, 1.82) is 0 Å². The summed E-state index contributed by atoms with van der Waals surface area (Å²) in [6.07, 6.45) is 9.32. The van der Waals surface area contributed by atoms with Gasteiger partial charge in [-0.2, -0.15) is 0 Å². The van der Waals surface area contributed by atoms with Crippen molar-refractivity contribution in [3.63, 3.8) is 0 Å². The Labute approximate surface area is 225 Å². The maximum absolute atomic E-state index is 12.6. The van der Waals surface area contributed by atoms with Crippen molar-refractivity contribution in [2.45, 2.75) is 89.3 Å². The average molecular weight is 525 g/mol. The van der Waals surface area contributed by atoms with Crippen LogP contribution in [0.5, 0.6) is 17.2 Å². The Morgan fingerprint density at radius 2 is 1.55 bits per heavy atom. The number of benzene rings is 2. The number of rotatable bonds is 12. The van der Waals surface area contributed by atoms with Crippen molar-refractivity contribution in [2.24, 2.45) is 11.8 Å². The van der Waals surface area contributed by atoms with E-state index in [-0.39, 0.29) is 12.4 Å². The molecule has 1 N–H and O–H groups in total. The molecule has 3 fully saturated rings. The van der Waals surface area contributed by atoms with E-state index in [1.165, 1.54) is 0 Å². The highest BCUT2D eigenvalue weighted by Crippen LogP contribution is 2.39. The average Bonchev–Trinajstić information content (AvgIpc) is 3.72. The van der Waals surface area contributed by atoms with Crippen LogP contribution in [0.1, 0.15) is 75.1 Å². The number of hydrogen-bond donors (Lipinski definition) is 1. The Bertz CT molecular complexity index is 1010. The number of aliphatic hydroxyl groups excluding tert-OH is 1. The van der Waals surface area contributed by atoms with E-state index in [1.54, 1.807) is 48.5 Å². The van der Waals surface area contributed by atoms with Gasteiger partial charge in [-0.15, -0.1) is 0 Å². The van der Waals surface area contributed by atoms with E-state index >= 15 is 0 Å². The fourth-order valence-corrected chi connectivity index (χ4v) is 5.41. The van der Waals surface area contributed by atoms with E-state index in [4.69, 9.17) is 23.7 Å². The second kappa shape index (κ2) is 13.0. The molecule has 206 valence electrons. The Balaban J connectivity index is 1.06. The zero-order valence-electron chi connectivity index (χ0n) is 22.3. The Morgan fingerprint density at radius 1 is 0.868 bits per heavy atom. The van der Waals surface area contributed by atoms with E-state index in [0.29, 0.717) is 54.3 Å². The second-order valence-electron chi connectivity index (χ2n) is 10.9. The van der Waals surface area contributed by atoms with Crippen LogP contribution < -0.4 is 14.2 Å². The summed E-state index contributed by atoms with van der Waals surface area (Å²) in [5.41, 5.74) is 0.459. The van der Waals surface area contributed by atoms with Crippen LogP contribution in [0.2, 0.25) is 0 Å². The van der Waals surface area contributed by atoms with Crippen LogP contribution in [-0.2, 0) is 9.47 Å². The number of hydrogen-bond acceptors (Lipinski definition) is 7. The lowest BCUT2D eigenvalue weighted by molar-refractivity contribution is -0.0981. The maximum atomic E-state index is 12.6. The number of carbonyl (C=O) groups excluding carboxylic acids is 1. The molecule has 5 rings (SSSR count). The van der Waals surface area contributed by atoms with Crippen LogP contribution in [-0.4, -0.2) is 48.9 Å². The monoisotopic (exact) mass is 524 g/mol. The smallest absolute Gasteiger partial charge is 0.343 e. The predicted molar refractivity (Wildman–Crippen MR) is 143 cm³/mol. The highest BCUT2D eigenvalue weighted by Gasteiger charge is 2.43. The minimum atomic E-state index is -0.423. The third-order valence-corrected chi connectivity index (χ3v) is 7.85. The van der Waals surface area contributed by atoms with E-state index in [1.807, 2.05) is 0 Å². The lowest BCUT2D eigenvalue weighted by Crippen LogP contribution is -2.26. The van der Waals surface area contributed by atoms with Crippen LogP contribution in [0, 0.1) is 11.8 Å². The van der Waals surface area contributed by atoms with Crippen molar-refractivity contribution in [3.05, 3.63) is 54.1 Å². The Morgan fingerprint density at radius 3 is 2.26 bits per heavy atom. The van der Waals surface area contributed by atoms with Crippen molar-refractivity contribution in [3.8, 4) is 17.2 Å². The maximum Gasteiger partial charge on any atom is 0.343 e. The van der Waals surface area contributed by atoms with Crippen LogP contribution in [0.4, 0.5) is 0 Å². The molecule has 2 aromatic carbocycles. The fourth-order valence-electron chi connectivity index (χ4n) is 5.41. The first-order valence-electron chi connectivity index (χ1n) is 14.2. The van der Waals surface area contributed by atoms with Gasteiger partial charge in [0.05, 0.1) is 37.1 Å². The molecule has 4 atom stereocenters. The number of epoxide rings is 1. The molecule has 0 aromatic heterocycles. The number of carbonyl (C=O) groups is 1. The summed E-state index contributed by atoms with van der Waals surface area (Å²) in [6, 6.07) is 14.1. The molecule has 0 radical (unpaired) electrons. The Kier molecular flexibility index (Phi) is 9.20. The highest BCUT2D eigenvalue weighted by atomic mass is 16.7. The number of esters is 1. The van der Waals surface area contributed by atoms with E-state index in [2.05, 4.69) is 6.92 Å². The quantitative estimate of drug-likeness (QED) is 0.159. The molecule has 2 aliphatic carbocycles. The van der Waals surface area contributed by atoms with Crippen molar-refractivity contribution < 1.29 is 33.6 Å². The zero-order valence-corrected chi connectivity index (χ0v) is 22.3. The molecule has 7 heteroatoms. The standard InChI is InChI=1S/C31H40O7/c1-2-3-30(35-20-22-6-17-28-29(18-22)38-28)36-26-13-15-27(16-14-26)37-31(33)23-7-11-25(12-8-23)34-19-21-4-9-24(32)10-5-21/h7-8,11-16,21-22,24,28-30,32H,2-6,9-10,17-20H2,1H3. The number of fused-ring (bicyclic) bond motifs is 1. The third kappa shape index (κ3) is 7.71. The van der Waals surface area contributed by atoms with Gasteiger partial charge in [0.1, 0.15) is 17.2 Å². The van der Waals surface area contributed by atoms with Crippen LogP contribution >= 0.6 is 0 Å². The molecular formula is C31H40O7. The van der Waals surface area contributed by atoms with Gasteiger partial charge in [0.25, 0.3) is 0 Å². The molecule has 0 bridgehead atoms. The molecule has 0 spiro atoms. The fraction of sp³-hybridized carbons (Fsp3) is 0.581. The minimum absolute atomic E-state index is 0.162. The van der Waals surface area contributed by atoms with Gasteiger partial charge in [0, 0.05) is 6.42 Å². The summed E-state index contributed by atoms with van der Waals surface area (Å²) in [6.45, 7) is 3.44. The summed E-state index contributed by atoms with van der Waals surface area (Å²) in [5, 5.41) is 9.64. The molecule has 2 aromatic rings. The second-order valence-corrected chi connectivity index (χ2v) is 10.9. The molecule has 0 amide bonds. The normalized spacial score (nSPS) is 27.2. The van der Waals surface area contributed by atoms with Crippen LogP contribution in [0.25, 0.3) is 0 Å². The van der Waals surface area contributed by atoms with E-state index < -0.39 is 5.97 Å². The first kappa shape index (κ1) is 27.0.